The minimum Gasteiger partial charge on any atom is -0.476 e. The molecule has 0 fully saturated rings. The van der Waals surface area contributed by atoms with E-state index in [2.05, 4.69) is 4.99 Å². The molecule has 0 N–H and O–H groups in total. The largest absolute Gasteiger partial charge is 0.476 e. The van der Waals surface area contributed by atoms with E-state index < -0.39 is 0 Å². The summed E-state index contributed by atoms with van der Waals surface area (Å²) in [6, 6.07) is 8.90. The molecule has 0 unspecified atom stereocenters. The third-order valence-electron chi connectivity index (χ3n) is 1.56. The molecule has 1 amide bonds. The van der Waals surface area contributed by atoms with Crippen molar-refractivity contribution >= 4 is 22.9 Å². The van der Waals surface area contributed by atoms with Crippen LogP contribution in [0.3, 0.4) is 0 Å². The van der Waals surface area contributed by atoms with Crippen molar-refractivity contribution in [1.29, 1.82) is 0 Å². The average Bonchev–Trinajstić information content (AvgIpc) is 2.26. The van der Waals surface area contributed by atoms with Gasteiger partial charge in [-0.1, -0.05) is 30.0 Å². The van der Waals surface area contributed by atoms with Gasteiger partial charge < -0.3 is 4.74 Å². The Morgan fingerprint density at radius 3 is 2.50 bits per heavy atom. The maximum atomic E-state index is 11.5. The van der Waals surface area contributed by atoms with E-state index in [1.54, 1.807) is 30.5 Å². The van der Waals surface area contributed by atoms with Crippen LogP contribution in [0, 0.1) is 0 Å². The van der Waals surface area contributed by atoms with Crippen LogP contribution in [0.15, 0.2) is 35.3 Å². The quantitative estimate of drug-likeness (QED) is 0.525. The molecule has 0 spiro atoms. The van der Waals surface area contributed by atoms with Gasteiger partial charge >= 0.3 is 0 Å². The van der Waals surface area contributed by atoms with Crippen LogP contribution < -0.4 is 0 Å². The highest BCUT2D eigenvalue weighted by Crippen LogP contribution is 2.05. The molecule has 0 aliphatic carbocycles. The predicted octanol–water partition coefficient (Wildman–Crippen LogP) is 2.19. The van der Waals surface area contributed by atoms with Crippen LogP contribution >= 0.6 is 11.8 Å². The number of carbonyl (C=O) groups excluding carboxylic acids is 1. The van der Waals surface area contributed by atoms with Gasteiger partial charge in [-0.3, -0.25) is 4.79 Å². The second-order valence-electron chi connectivity index (χ2n) is 2.46. The van der Waals surface area contributed by atoms with Crippen molar-refractivity contribution in [3.05, 3.63) is 35.9 Å². The van der Waals surface area contributed by atoms with E-state index >= 15 is 0 Å². The summed E-state index contributed by atoms with van der Waals surface area (Å²) in [5.41, 5.74) is 0.566. The molecule has 14 heavy (non-hydrogen) atoms. The number of hydrogen-bond acceptors (Lipinski definition) is 3. The number of thioether (sulfide) groups is 1. The third-order valence-corrected chi connectivity index (χ3v) is 2.17. The molecule has 4 heteroatoms. The first-order valence-electron chi connectivity index (χ1n) is 4.04. The molecule has 1 aromatic rings. The summed E-state index contributed by atoms with van der Waals surface area (Å²) in [6.45, 7) is 0. The van der Waals surface area contributed by atoms with E-state index in [4.69, 9.17) is 4.74 Å². The molecule has 0 atom stereocenters. The summed E-state index contributed by atoms with van der Waals surface area (Å²) < 4.78 is 4.88. The second kappa shape index (κ2) is 5.44. The number of hydrogen-bond donors (Lipinski definition) is 0. The number of nitrogens with zero attached hydrogens (tertiary/aromatic N) is 1. The molecule has 0 saturated carbocycles. The molecule has 3 nitrogen and oxygen atoms in total. The van der Waals surface area contributed by atoms with Crippen molar-refractivity contribution in [2.24, 2.45) is 4.99 Å². The Kier molecular flexibility index (Phi) is 4.19. The molecular weight excluding hydrogens is 198 g/mol. The van der Waals surface area contributed by atoms with Crippen molar-refractivity contribution in [1.82, 2.24) is 0 Å². The van der Waals surface area contributed by atoms with Gasteiger partial charge in [0.2, 0.25) is 0 Å². The van der Waals surface area contributed by atoms with E-state index in [0.717, 1.165) is 0 Å². The number of methoxy groups -OCH3 is 1. The van der Waals surface area contributed by atoms with Crippen LogP contribution in [0.1, 0.15) is 10.4 Å². The standard InChI is InChI=1S/C10H11NO2S/c1-13-10(14-2)11-9(12)8-6-4-3-5-7-8/h3-7H,1-2H3. The highest BCUT2D eigenvalue weighted by Gasteiger charge is 2.04. The lowest BCUT2D eigenvalue weighted by molar-refractivity contribution is 0.100. The summed E-state index contributed by atoms with van der Waals surface area (Å²) in [6.07, 6.45) is 1.81. The Hall–Kier alpha value is -1.29. The van der Waals surface area contributed by atoms with E-state index in [-0.39, 0.29) is 5.91 Å². The fraction of sp³-hybridized carbons (Fsp3) is 0.200. The van der Waals surface area contributed by atoms with Crippen molar-refractivity contribution < 1.29 is 9.53 Å². The predicted molar refractivity (Wildman–Crippen MR) is 58.7 cm³/mol. The molecular formula is C10H11NO2S. The van der Waals surface area contributed by atoms with Gasteiger partial charge in [-0.2, -0.15) is 4.99 Å². The minimum atomic E-state index is -0.281. The molecule has 0 radical (unpaired) electrons. The second-order valence-corrected chi connectivity index (χ2v) is 3.21. The lowest BCUT2D eigenvalue weighted by Gasteiger charge is -1.99. The highest BCUT2D eigenvalue weighted by molar-refractivity contribution is 8.13. The van der Waals surface area contributed by atoms with Gasteiger partial charge in [0.05, 0.1) is 7.11 Å². The molecule has 0 bridgehead atoms. The van der Waals surface area contributed by atoms with Gasteiger partial charge in [-0.25, -0.2) is 0 Å². The number of aliphatic imine (C=N–C) groups is 1. The molecule has 0 heterocycles. The number of amides is 1. The monoisotopic (exact) mass is 209 g/mol. The normalized spacial score (nSPS) is 11.1. The van der Waals surface area contributed by atoms with Crippen LogP contribution in [0.2, 0.25) is 0 Å². The van der Waals surface area contributed by atoms with Gasteiger partial charge in [-0.05, 0) is 18.4 Å². The average molecular weight is 209 g/mol. The van der Waals surface area contributed by atoms with Gasteiger partial charge in [0.15, 0.2) is 0 Å². The van der Waals surface area contributed by atoms with E-state index in [1.165, 1.54) is 18.9 Å². The van der Waals surface area contributed by atoms with Crippen LogP contribution in [-0.2, 0) is 4.74 Å². The van der Waals surface area contributed by atoms with Crippen molar-refractivity contribution in [3.8, 4) is 0 Å². The molecule has 0 aromatic heterocycles. The first-order valence-corrected chi connectivity index (χ1v) is 5.26. The summed E-state index contributed by atoms with van der Waals surface area (Å²) in [4.78, 5) is 15.3. The SMILES string of the molecule is COC(=NC(=O)c1ccccc1)SC. The molecule has 74 valence electrons. The summed E-state index contributed by atoms with van der Waals surface area (Å²) in [7, 11) is 1.49. The van der Waals surface area contributed by atoms with Crippen molar-refractivity contribution in [2.45, 2.75) is 0 Å². The zero-order chi connectivity index (χ0) is 10.4. The Morgan fingerprint density at radius 2 is 2.00 bits per heavy atom. The third kappa shape index (κ3) is 2.88. The molecule has 0 saturated heterocycles. The Bertz CT molecular complexity index is 329. The lowest BCUT2D eigenvalue weighted by atomic mass is 10.2. The lowest BCUT2D eigenvalue weighted by Crippen LogP contribution is -2.01. The van der Waals surface area contributed by atoms with Gasteiger partial charge in [0, 0.05) is 5.56 Å². The van der Waals surface area contributed by atoms with Gasteiger partial charge in [0.25, 0.3) is 11.1 Å². The molecule has 0 aliphatic rings. The van der Waals surface area contributed by atoms with Crippen molar-refractivity contribution in [2.75, 3.05) is 13.4 Å². The zero-order valence-corrected chi connectivity index (χ0v) is 8.88. The number of ether oxygens (including phenoxy) is 1. The first kappa shape index (κ1) is 10.8. The van der Waals surface area contributed by atoms with E-state index in [0.29, 0.717) is 10.8 Å². The van der Waals surface area contributed by atoms with Gasteiger partial charge in [0.1, 0.15) is 0 Å². The smallest absolute Gasteiger partial charge is 0.280 e. The maximum absolute atomic E-state index is 11.5. The van der Waals surface area contributed by atoms with Crippen LogP contribution in [0.5, 0.6) is 0 Å². The molecule has 1 rings (SSSR count). The Labute approximate surface area is 87.2 Å². The Morgan fingerprint density at radius 1 is 1.36 bits per heavy atom. The maximum Gasteiger partial charge on any atom is 0.280 e. The topological polar surface area (TPSA) is 38.7 Å². The first-order chi connectivity index (χ1) is 6.77. The number of rotatable bonds is 1. The summed E-state index contributed by atoms with van der Waals surface area (Å²) in [5.74, 6) is -0.281. The van der Waals surface area contributed by atoms with Crippen molar-refractivity contribution in [3.63, 3.8) is 0 Å². The van der Waals surface area contributed by atoms with Crippen LogP contribution in [-0.4, -0.2) is 24.5 Å². The summed E-state index contributed by atoms with van der Waals surface area (Å²) in [5, 5.41) is 0.374. The Balaban J connectivity index is 2.82. The molecule has 1 aromatic carbocycles. The highest BCUT2D eigenvalue weighted by atomic mass is 32.2. The molecule has 0 aliphatic heterocycles. The fourth-order valence-electron chi connectivity index (χ4n) is 0.903. The van der Waals surface area contributed by atoms with Crippen LogP contribution in [0.4, 0.5) is 0 Å². The zero-order valence-electron chi connectivity index (χ0n) is 8.06. The van der Waals surface area contributed by atoms with Crippen LogP contribution in [0.25, 0.3) is 0 Å². The minimum absolute atomic E-state index is 0.281. The fourth-order valence-corrected chi connectivity index (χ4v) is 1.24. The summed E-state index contributed by atoms with van der Waals surface area (Å²) >= 11 is 1.30. The number of carbonyl (C=O) groups is 1. The van der Waals surface area contributed by atoms with Gasteiger partial charge in [-0.15, -0.1) is 0 Å². The van der Waals surface area contributed by atoms with E-state index in [1.807, 2.05) is 6.07 Å². The number of benzene rings is 1. The van der Waals surface area contributed by atoms with E-state index in [9.17, 15) is 4.79 Å².